The standard InChI is InChI=1S/C24H28ClN3O4/c1-26(2)12-13-28-21(15-6-9-17(10-7-15)27(3)4)20(23(30)24(28)31)22(29)18-14-16(25)8-11-19(18)32-5/h6-11,14,21,29H,12-13H2,1-5H3/b22-20+. The van der Waals surface area contributed by atoms with E-state index in [1.54, 1.807) is 12.1 Å². The molecule has 1 fully saturated rings. The minimum Gasteiger partial charge on any atom is -0.507 e. The fourth-order valence-electron chi connectivity index (χ4n) is 3.73. The molecule has 3 rings (SSSR count). The largest absolute Gasteiger partial charge is 0.507 e. The third-order valence-electron chi connectivity index (χ3n) is 5.47. The molecule has 8 heteroatoms. The molecule has 0 spiro atoms. The van der Waals surface area contributed by atoms with Gasteiger partial charge in [-0.2, -0.15) is 0 Å². The summed E-state index contributed by atoms with van der Waals surface area (Å²) in [6, 6.07) is 11.6. The van der Waals surface area contributed by atoms with Crippen LogP contribution < -0.4 is 9.64 Å². The van der Waals surface area contributed by atoms with Crippen LogP contribution >= 0.6 is 11.6 Å². The number of nitrogens with zero attached hydrogens (tertiary/aromatic N) is 3. The average molecular weight is 458 g/mol. The molecular weight excluding hydrogens is 430 g/mol. The molecule has 1 N–H and O–H groups in total. The summed E-state index contributed by atoms with van der Waals surface area (Å²) in [6.07, 6.45) is 0. The number of likely N-dealkylation sites (tertiary alicyclic amines) is 1. The number of halogens is 1. The number of benzene rings is 2. The van der Waals surface area contributed by atoms with E-state index in [1.165, 1.54) is 18.1 Å². The van der Waals surface area contributed by atoms with Gasteiger partial charge in [0.1, 0.15) is 11.5 Å². The Morgan fingerprint density at radius 2 is 1.75 bits per heavy atom. The van der Waals surface area contributed by atoms with Crippen LogP contribution in [0.15, 0.2) is 48.0 Å². The average Bonchev–Trinajstić information content (AvgIpc) is 3.01. The highest BCUT2D eigenvalue weighted by molar-refractivity contribution is 6.46. The predicted molar refractivity (Wildman–Crippen MR) is 126 cm³/mol. The molecular formula is C24H28ClN3O4. The minimum atomic E-state index is -0.732. The van der Waals surface area contributed by atoms with E-state index in [-0.39, 0.29) is 16.9 Å². The predicted octanol–water partition coefficient (Wildman–Crippen LogP) is 3.40. The molecule has 0 radical (unpaired) electrons. The molecule has 1 atom stereocenters. The normalized spacial score (nSPS) is 17.8. The zero-order chi connectivity index (χ0) is 23.6. The SMILES string of the molecule is COc1ccc(Cl)cc1/C(O)=C1\C(=O)C(=O)N(CCN(C)C)C1c1ccc(N(C)C)cc1. The summed E-state index contributed by atoms with van der Waals surface area (Å²) in [7, 11) is 9.13. The van der Waals surface area contributed by atoms with Crippen LogP contribution in [0.5, 0.6) is 5.75 Å². The van der Waals surface area contributed by atoms with Gasteiger partial charge in [0.05, 0.1) is 24.3 Å². The second kappa shape index (κ2) is 9.63. The van der Waals surface area contributed by atoms with Crippen LogP contribution in [0.1, 0.15) is 17.2 Å². The van der Waals surface area contributed by atoms with Gasteiger partial charge in [-0.3, -0.25) is 9.59 Å². The smallest absolute Gasteiger partial charge is 0.295 e. The Labute approximate surface area is 193 Å². The van der Waals surface area contributed by atoms with Gasteiger partial charge in [-0.1, -0.05) is 23.7 Å². The molecule has 32 heavy (non-hydrogen) atoms. The minimum absolute atomic E-state index is 0.0203. The van der Waals surface area contributed by atoms with E-state index < -0.39 is 17.7 Å². The van der Waals surface area contributed by atoms with Gasteiger partial charge in [0, 0.05) is 37.9 Å². The number of methoxy groups -OCH3 is 1. The zero-order valence-electron chi connectivity index (χ0n) is 18.9. The Morgan fingerprint density at radius 1 is 1.09 bits per heavy atom. The molecule has 1 aliphatic heterocycles. The highest BCUT2D eigenvalue weighted by Gasteiger charge is 2.46. The van der Waals surface area contributed by atoms with Gasteiger partial charge in [-0.15, -0.1) is 0 Å². The van der Waals surface area contributed by atoms with Crippen molar-refractivity contribution >= 4 is 34.7 Å². The van der Waals surface area contributed by atoms with Crippen LogP contribution in [-0.4, -0.2) is 75.0 Å². The monoisotopic (exact) mass is 457 g/mol. The summed E-state index contributed by atoms with van der Waals surface area (Å²) in [5, 5.41) is 11.6. The maximum absolute atomic E-state index is 13.1. The van der Waals surface area contributed by atoms with Gasteiger partial charge in [0.2, 0.25) is 0 Å². The van der Waals surface area contributed by atoms with Gasteiger partial charge in [0.25, 0.3) is 11.7 Å². The fourth-order valence-corrected chi connectivity index (χ4v) is 3.90. The van der Waals surface area contributed by atoms with E-state index in [2.05, 4.69) is 0 Å². The van der Waals surface area contributed by atoms with Crippen molar-refractivity contribution in [1.82, 2.24) is 9.80 Å². The van der Waals surface area contributed by atoms with Crippen molar-refractivity contribution in [3.05, 3.63) is 64.2 Å². The van der Waals surface area contributed by atoms with Crippen LogP contribution in [0.25, 0.3) is 5.76 Å². The first-order valence-corrected chi connectivity index (χ1v) is 10.6. The Bertz CT molecular complexity index is 1050. The first-order valence-electron chi connectivity index (χ1n) is 10.2. The molecule has 170 valence electrons. The number of likely N-dealkylation sites (N-methyl/N-ethyl adjacent to an activating group) is 1. The molecule has 1 unspecified atom stereocenters. The van der Waals surface area contributed by atoms with Crippen molar-refractivity contribution in [3.8, 4) is 5.75 Å². The summed E-state index contributed by atoms with van der Waals surface area (Å²) >= 11 is 6.14. The Kier molecular flexibility index (Phi) is 7.11. The molecule has 1 amide bonds. The van der Waals surface area contributed by atoms with E-state index >= 15 is 0 Å². The molecule has 7 nitrogen and oxygen atoms in total. The number of Topliss-reactive ketones (excluding diaryl/α,β-unsaturated/α-hetero) is 1. The number of amides is 1. The van der Waals surface area contributed by atoms with Crippen molar-refractivity contribution in [2.24, 2.45) is 0 Å². The van der Waals surface area contributed by atoms with E-state index in [0.29, 0.717) is 23.9 Å². The molecule has 1 aliphatic rings. The van der Waals surface area contributed by atoms with Crippen LogP contribution in [-0.2, 0) is 9.59 Å². The summed E-state index contributed by atoms with van der Waals surface area (Å²) < 4.78 is 5.36. The zero-order valence-corrected chi connectivity index (χ0v) is 19.7. The Morgan fingerprint density at radius 3 is 2.31 bits per heavy atom. The number of carbonyl (C=O) groups is 2. The lowest BCUT2D eigenvalue weighted by molar-refractivity contribution is -0.140. The first kappa shape index (κ1) is 23.6. The summed E-state index contributed by atoms with van der Waals surface area (Å²) in [5.74, 6) is -1.33. The van der Waals surface area contributed by atoms with E-state index in [0.717, 1.165) is 11.3 Å². The summed E-state index contributed by atoms with van der Waals surface area (Å²) in [4.78, 5) is 31.5. The molecule has 1 heterocycles. The van der Waals surface area contributed by atoms with E-state index in [1.807, 2.05) is 62.3 Å². The highest BCUT2D eigenvalue weighted by atomic mass is 35.5. The number of ketones is 1. The van der Waals surface area contributed by atoms with Crippen molar-refractivity contribution in [3.63, 3.8) is 0 Å². The van der Waals surface area contributed by atoms with Gasteiger partial charge in [-0.05, 0) is 50.0 Å². The van der Waals surface area contributed by atoms with E-state index in [9.17, 15) is 14.7 Å². The number of ether oxygens (including phenoxy) is 1. The van der Waals surface area contributed by atoms with Crippen LogP contribution in [0, 0.1) is 0 Å². The first-order chi connectivity index (χ1) is 15.1. The highest BCUT2D eigenvalue weighted by Crippen LogP contribution is 2.41. The lowest BCUT2D eigenvalue weighted by Crippen LogP contribution is -2.35. The molecule has 0 aliphatic carbocycles. The number of rotatable bonds is 7. The number of aliphatic hydroxyl groups excluding tert-OH is 1. The third kappa shape index (κ3) is 4.59. The third-order valence-corrected chi connectivity index (χ3v) is 5.71. The molecule has 0 saturated carbocycles. The number of aliphatic hydroxyl groups is 1. The lowest BCUT2D eigenvalue weighted by atomic mass is 9.94. The van der Waals surface area contributed by atoms with Crippen molar-refractivity contribution in [2.45, 2.75) is 6.04 Å². The molecule has 2 aromatic carbocycles. The van der Waals surface area contributed by atoms with E-state index in [4.69, 9.17) is 16.3 Å². The fraction of sp³-hybridized carbons (Fsp3) is 0.333. The second-order valence-electron chi connectivity index (χ2n) is 8.13. The molecule has 0 bridgehead atoms. The Hall–Kier alpha value is -3.03. The van der Waals surface area contributed by atoms with Crippen molar-refractivity contribution in [2.75, 3.05) is 53.3 Å². The van der Waals surface area contributed by atoms with Gasteiger partial charge < -0.3 is 24.5 Å². The topological polar surface area (TPSA) is 73.3 Å². The summed E-state index contributed by atoms with van der Waals surface area (Å²) in [5.41, 5.74) is 2.00. The number of anilines is 1. The maximum atomic E-state index is 13.1. The van der Waals surface area contributed by atoms with Crippen molar-refractivity contribution < 1.29 is 19.4 Å². The van der Waals surface area contributed by atoms with Crippen LogP contribution in [0.3, 0.4) is 0 Å². The quantitative estimate of drug-likeness (QED) is 0.390. The van der Waals surface area contributed by atoms with Crippen molar-refractivity contribution in [1.29, 1.82) is 0 Å². The molecule has 1 saturated heterocycles. The van der Waals surface area contributed by atoms with Crippen LogP contribution in [0.4, 0.5) is 5.69 Å². The molecule has 2 aromatic rings. The van der Waals surface area contributed by atoms with Gasteiger partial charge >= 0.3 is 0 Å². The summed E-state index contributed by atoms with van der Waals surface area (Å²) in [6.45, 7) is 0.904. The van der Waals surface area contributed by atoms with Gasteiger partial charge in [-0.25, -0.2) is 0 Å². The molecule has 0 aromatic heterocycles. The number of hydrogen-bond acceptors (Lipinski definition) is 6. The van der Waals surface area contributed by atoms with Crippen LogP contribution in [0.2, 0.25) is 5.02 Å². The second-order valence-corrected chi connectivity index (χ2v) is 8.56. The lowest BCUT2D eigenvalue weighted by Gasteiger charge is -2.27. The number of hydrogen-bond donors (Lipinski definition) is 1. The maximum Gasteiger partial charge on any atom is 0.295 e. The van der Waals surface area contributed by atoms with Gasteiger partial charge in [0.15, 0.2) is 0 Å². The number of carbonyl (C=O) groups excluding carboxylic acids is 2. The Balaban J connectivity index is 2.19.